The predicted octanol–water partition coefficient (Wildman–Crippen LogP) is 1.97. The maximum Gasteiger partial charge on any atom is 0.0779 e. The largest absolute Gasteiger partial charge is 0.379 e. The zero-order chi connectivity index (χ0) is 7.28. The Kier molecular flexibility index (Phi) is 4.68. The van der Waals surface area contributed by atoms with Crippen LogP contribution in [0.3, 0.4) is 0 Å². The van der Waals surface area contributed by atoms with Crippen LogP contribution in [-0.4, -0.2) is 11.5 Å². The second-order valence-corrected chi connectivity index (χ2v) is 2.89. The maximum absolute atomic E-state index is 5.03. The fraction of sp³-hybridized carbons (Fsp3) is 0.857. The van der Waals surface area contributed by atoms with Crippen molar-refractivity contribution in [2.75, 3.05) is 6.54 Å². The summed E-state index contributed by atoms with van der Waals surface area (Å²) in [5.74, 6) is 0.492. The third kappa shape index (κ3) is 4.40. The molecule has 1 N–H and O–H groups in total. The molecule has 0 aliphatic heterocycles. The van der Waals surface area contributed by atoms with Crippen LogP contribution in [0.5, 0.6) is 0 Å². The van der Waals surface area contributed by atoms with E-state index in [1.807, 2.05) is 0 Å². The molecule has 0 fully saturated rings. The van der Waals surface area contributed by atoms with Crippen molar-refractivity contribution in [3.8, 4) is 0 Å². The van der Waals surface area contributed by atoms with Crippen LogP contribution in [0.1, 0.15) is 27.2 Å². The molecule has 0 aromatic rings. The van der Waals surface area contributed by atoms with Gasteiger partial charge >= 0.3 is 0 Å². The van der Waals surface area contributed by atoms with Gasteiger partial charge in [0.05, 0.1) is 4.99 Å². The van der Waals surface area contributed by atoms with E-state index in [9.17, 15) is 0 Å². The molecule has 0 amide bonds. The van der Waals surface area contributed by atoms with Crippen molar-refractivity contribution in [1.82, 2.24) is 5.32 Å². The van der Waals surface area contributed by atoms with E-state index in [-0.39, 0.29) is 0 Å². The number of nitrogens with one attached hydrogen (secondary N) is 1. The third-order valence-corrected chi connectivity index (χ3v) is 1.69. The van der Waals surface area contributed by atoms with Crippen molar-refractivity contribution in [2.24, 2.45) is 5.92 Å². The van der Waals surface area contributed by atoms with Crippen molar-refractivity contribution < 1.29 is 0 Å². The Morgan fingerprint density at radius 3 is 2.44 bits per heavy atom. The minimum atomic E-state index is 0.492. The SMILES string of the molecule is CCCNC(=S)C(C)C. The molecule has 0 heterocycles. The second kappa shape index (κ2) is 4.74. The van der Waals surface area contributed by atoms with Crippen LogP contribution < -0.4 is 5.32 Å². The molecule has 9 heavy (non-hydrogen) atoms. The maximum atomic E-state index is 5.03. The number of hydrogen-bond donors (Lipinski definition) is 1. The molecule has 1 nitrogen and oxygen atoms in total. The molecule has 0 radical (unpaired) electrons. The smallest absolute Gasteiger partial charge is 0.0779 e. The van der Waals surface area contributed by atoms with Gasteiger partial charge in [-0.05, 0) is 6.42 Å². The predicted molar refractivity (Wildman–Crippen MR) is 45.7 cm³/mol. The summed E-state index contributed by atoms with van der Waals surface area (Å²) in [5, 5.41) is 3.16. The molecule has 0 aromatic carbocycles. The summed E-state index contributed by atoms with van der Waals surface area (Å²) in [4.78, 5) is 0.983. The molecule has 2 heteroatoms. The third-order valence-electron chi connectivity index (χ3n) is 1.07. The minimum absolute atomic E-state index is 0.492. The Balaban J connectivity index is 3.28. The molecule has 0 saturated heterocycles. The van der Waals surface area contributed by atoms with Crippen molar-refractivity contribution in [1.29, 1.82) is 0 Å². The van der Waals surface area contributed by atoms with Crippen LogP contribution in [0, 0.1) is 5.92 Å². The van der Waals surface area contributed by atoms with E-state index >= 15 is 0 Å². The molecule has 0 aliphatic carbocycles. The van der Waals surface area contributed by atoms with Gasteiger partial charge in [0.1, 0.15) is 0 Å². The van der Waals surface area contributed by atoms with Crippen molar-refractivity contribution in [2.45, 2.75) is 27.2 Å². The summed E-state index contributed by atoms with van der Waals surface area (Å²) in [7, 11) is 0. The summed E-state index contributed by atoms with van der Waals surface area (Å²) >= 11 is 5.03. The Morgan fingerprint density at radius 2 is 2.11 bits per heavy atom. The summed E-state index contributed by atoms with van der Waals surface area (Å²) < 4.78 is 0. The van der Waals surface area contributed by atoms with Crippen molar-refractivity contribution >= 4 is 17.2 Å². The van der Waals surface area contributed by atoms with Gasteiger partial charge < -0.3 is 5.32 Å². The van der Waals surface area contributed by atoms with Gasteiger partial charge in [0.15, 0.2) is 0 Å². The summed E-state index contributed by atoms with van der Waals surface area (Å²) in [6.45, 7) is 7.35. The molecule has 0 bridgehead atoms. The van der Waals surface area contributed by atoms with Gasteiger partial charge in [-0.3, -0.25) is 0 Å². The second-order valence-electron chi connectivity index (χ2n) is 2.45. The van der Waals surface area contributed by atoms with Crippen LogP contribution in [0.2, 0.25) is 0 Å². The molecular formula is C7H15NS. The van der Waals surface area contributed by atoms with Gasteiger partial charge in [-0.1, -0.05) is 33.0 Å². The molecule has 0 spiro atoms. The van der Waals surface area contributed by atoms with E-state index in [2.05, 4.69) is 26.1 Å². The molecule has 0 atom stereocenters. The number of thiocarbonyl (C=S) groups is 1. The fourth-order valence-electron chi connectivity index (χ4n) is 0.452. The van der Waals surface area contributed by atoms with Crippen LogP contribution >= 0.6 is 12.2 Å². The average Bonchev–Trinajstić information content (AvgIpc) is 1.82. The van der Waals surface area contributed by atoms with Gasteiger partial charge in [-0.2, -0.15) is 0 Å². The Morgan fingerprint density at radius 1 is 1.56 bits per heavy atom. The lowest BCUT2D eigenvalue weighted by Crippen LogP contribution is -2.26. The van der Waals surface area contributed by atoms with Gasteiger partial charge in [0.25, 0.3) is 0 Å². The summed E-state index contributed by atoms with van der Waals surface area (Å²) in [6.07, 6.45) is 1.15. The van der Waals surface area contributed by atoms with Gasteiger partial charge in [-0.25, -0.2) is 0 Å². The zero-order valence-electron chi connectivity index (χ0n) is 6.40. The van der Waals surface area contributed by atoms with E-state index in [1.165, 1.54) is 0 Å². The van der Waals surface area contributed by atoms with E-state index < -0.39 is 0 Å². The average molecular weight is 145 g/mol. The number of hydrogen-bond acceptors (Lipinski definition) is 1. The molecular weight excluding hydrogens is 130 g/mol. The van der Waals surface area contributed by atoms with Crippen molar-refractivity contribution in [3.05, 3.63) is 0 Å². The molecule has 0 unspecified atom stereocenters. The van der Waals surface area contributed by atoms with Crippen molar-refractivity contribution in [3.63, 3.8) is 0 Å². The van der Waals surface area contributed by atoms with E-state index in [0.29, 0.717) is 5.92 Å². The summed E-state index contributed by atoms with van der Waals surface area (Å²) in [6, 6.07) is 0. The normalized spacial score (nSPS) is 9.78. The van der Waals surface area contributed by atoms with Crippen LogP contribution in [0.4, 0.5) is 0 Å². The van der Waals surface area contributed by atoms with Crippen LogP contribution in [-0.2, 0) is 0 Å². The zero-order valence-corrected chi connectivity index (χ0v) is 7.22. The Bertz CT molecular complexity index is 88.9. The lowest BCUT2D eigenvalue weighted by molar-refractivity contribution is 0.783. The standard InChI is InChI=1S/C7H15NS/c1-4-5-8-7(9)6(2)3/h6H,4-5H2,1-3H3,(H,8,9). The van der Waals surface area contributed by atoms with E-state index in [1.54, 1.807) is 0 Å². The molecule has 0 saturated carbocycles. The first-order valence-electron chi connectivity index (χ1n) is 3.46. The highest BCUT2D eigenvalue weighted by Gasteiger charge is 1.98. The van der Waals surface area contributed by atoms with E-state index in [0.717, 1.165) is 18.0 Å². The quantitative estimate of drug-likeness (QED) is 0.609. The molecule has 54 valence electrons. The molecule has 0 rings (SSSR count). The first kappa shape index (κ1) is 8.89. The van der Waals surface area contributed by atoms with Gasteiger partial charge in [0, 0.05) is 12.5 Å². The Labute approximate surface area is 62.8 Å². The highest BCUT2D eigenvalue weighted by molar-refractivity contribution is 7.80. The lowest BCUT2D eigenvalue weighted by Gasteiger charge is -2.08. The highest BCUT2D eigenvalue weighted by Crippen LogP contribution is 1.92. The van der Waals surface area contributed by atoms with E-state index in [4.69, 9.17) is 12.2 Å². The highest BCUT2D eigenvalue weighted by atomic mass is 32.1. The van der Waals surface area contributed by atoms with Gasteiger partial charge in [0.2, 0.25) is 0 Å². The lowest BCUT2D eigenvalue weighted by atomic mass is 10.2. The topological polar surface area (TPSA) is 12.0 Å². The van der Waals surface area contributed by atoms with Crippen LogP contribution in [0.25, 0.3) is 0 Å². The molecule has 0 aliphatic rings. The first-order valence-corrected chi connectivity index (χ1v) is 3.87. The molecule has 0 aromatic heterocycles. The van der Waals surface area contributed by atoms with Crippen LogP contribution in [0.15, 0.2) is 0 Å². The summed E-state index contributed by atoms with van der Waals surface area (Å²) in [5.41, 5.74) is 0. The first-order chi connectivity index (χ1) is 4.18. The van der Waals surface area contributed by atoms with Gasteiger partial charge in [-0.15, -0.1) is 0 Å². The monoisotopic (exact) mass is 145 g/mol. The number of rotatable bonds is 3. The fourth-order valence-corrected chi connectivity index (χ4v) is 0.554. The minimum Gasteiger partial charge on any atom is -0.379 e. The Hall–Kier alpha value is -0.110.